The number of anilines is 1. The first-order valence-electron chi connectivity index (χ1n) is 6.81. The first-order chi connectivity index (χ1) is 9.90. The van der Waals surface area contributed by atoms with Crippen LogP contribution in [0.4, 0.5) is 5.82 Å². The Morgan fingerprint density at radius 3 is 2.62 bits per heavy atom. The Balaban J connectivity index is 2.15. The van der Waals surface area contributed by atoms with Crippen LogP contribution >= 0.6 is 23.2 Å². The minimum absolute atomic E-state index is 0.00909. The fraction of sp³-hybridized carbons (Fsp3) is 0.500. The molecule has 2 amide bonds. The van der Waals surface area contributed by atoms with Gasteiger partial charge < -0.3 is 10.2 Å². The molecule has 0 saturated carbocycles. The summed E-state index contributed by atoms with van der Waals surface area (Å²) in [7, 11) is 0. The van der Waals surface area contributed by atoms with E-state index < -0.39 is 6.04 Å². The van der Waals surface area contributed by atoms with Gasteiger partial charge >= 0.3 is 0 Å². The Hall–Kier alpha value is -1.33. The van der Waals surface area contributed by atoms with Crippen LogP contribution in [0.2, 0.25) is 10.0 Å². The summed E-state index contributed by atoms with van der Waals surface area (Å²) in [5.74, 6) is 0.0959. The number of hydrogen-bond donors (Lipinski definition) is 1. The van der Waals surface area contributed by atoms with Crippen LogP contribution in [0.1, 0.15) is 26.7 Å². The molecule has 1 N–H and O–H groups in total. The van der Waals surface area contributed by atoms with Gasteiger partial charge in [-0.25, -0.2) is 4.98 Å². The van der Waals surface area contributed by atoms with Crippen molar-refractivity contribution in [3.05, 3.63) is 22.3 Å². The number of carbonyl (C=O) groups is 2. The van der Waals surface area contributed by atoms with Gasteiger partial charge in [0.25, 0.3) is 0 Å². The van der Waals surface area contributed by atoms with Crippen LogP contribution in [0.5, 0.6) is 0 Å². The van der Waals surface area contributed by atoms with E-state index in [0.29, 0.717) is 28.8 Å². The topological polar surface area (TPSA) is 62.3 Å². The van der Waals surface area contributed by atoms with E-state index in [1.165, 1.54) is 12.3 Å². The highest BCUT2D eigenvalue weighted by molar-refractivity contribution is 6.42. The van der Waals surface area contributed by atoms with Crippen molar-refractivity contribution >= 4 is 40.8 Å². The van der Waals surface area contributed by atoms with Crippen LogP contribution in [-0.2, 0) is 9.59 Å². The quantitative estimate of drug-likeness (QED) is 0.923. The zero-order chi connectivity index (χ0) is 15.6. The Kier molecular flexibility index (Phi) is 5.06. The van der Waals surface area contributed by atoms with E-state index in [1.807, 2.05) is 13.8 Å². The molecule has 1 fully saturated rings. The van der Waals surface area contributed by atoms with E-state index in [0.717, 1.165) is 6.42 Å². The molecule has 1 saturated heterocycles. The number of nitrogens with zero attached hydrogens (tertiary/aromatic N) is 2. The lowest BCUT2D eigenvalue weighted by molar-refractivity contribution is -0.136. The summed E-state index contributed by atoms with van der Waals surface area (Å²) < 4.78 is 0. The highest BCUT2D eigenvalue weighted by Crippen LogP contribution is 2.24. The predicted molar refractivity (Wildman–Crippen MR) is 82.5 cm³/mol. The highest BCUT2D eigenvalue weighted by atomic mass is 35.5. The summed E-state index contributed by atoms with van der Waals surface area (Å²) in [5.41, 5.74) is 0. The summed E-state index contributed by atoms with van der Waals surface area (Å²) in [6.45, 7) is 4.44. The molecule has 0 radical (unpaired) electrons. The van der Waals surface area contributed by atoms with Gasteiger partial charge in [-0.1, -0.05) is 37.0 Å². The molecule has 0 bridgehead atoms. The van der Waals surface area contributed by atoms with Crippen molar-refractivity contribution in [3.63, 3.8) is 0 Å². The molecule has 5 nitrogen and oxygen atoms in total. The zero-order valence-corrected chi connectivity index (χ0v) is 13.4. The molecule has 1 aliphatic rings. The second-order valence-corrected chi connectivity index (χ2v) is 6.17. The number of rotatable bonds is 4. The van der Waals surface area contributed by atoms with Crippen molar-refractivity contribution in [3.8, 4) is 0 Å². The van der Waals surface area contributed by atoms with Crippen molar-refractivity contribution in [2.75, 3.05) is 11.9 Å². The van der Waals surface area contributed by atoms with Gasteiger partial charge in [-0.3, -0.25) is 9.59 Å². The number of likely N-dealkylation sites (tertiary alicyclic amines) is 1. The third-order valence-corrected chi connectivity index (χ3v) is 4.12. The van der Waals surface area contributed by atoms with Gasteiger partial charge in [-0.2, -0.15) is 0 Å². The second kappa shape index (κ2) is 6.62. The van der Waals surface area contributed by atoms with Gasteiger partial charge in [-0.05, 0) is 12.3 Å². The average Bonchev–Trinajstić information content (AvgIpc) is 2.80. The Bertz CT molecular complexity index is 563. The molecule has 2 rings (SSSR count). The lowest BCUT2D eigenvalue weighted by atomic mass is 10.0. The normalized spacial score (nSPS) is 16.4. The van der Waals surface area contributed by atoms with Crippen LogP contribution < -0.4 is 5.32 Å². The summed E-state index contributed by atoms with van der Waals surface area (Å²) in [4.78, 5) is 30.0. The van der Waals surface area contributed by atoms with Gasteiger partial charge in [0, 0.05) is 25.2 Å². The fourth-order valence-corrected chi connectivity index (χ4v) is 2.71. The monoisotopic (exact) mass is 329 g/mol. The van der Waals surface area contributed by atoms with Gasteiger partial charge in [0.1, 0.15) is 11.9 Å². The zero-order valence-electron chi connectivity index (χ0n) is 11.9. The number of nitrogens with one attached hydrogen (secondary N) is 1. The molecule has 0 unspecified atom stereocenters. The minimum Gasteiger partial charge on any atom is -0.330 e. The van der Waals surface area contributed by atoms with Gasteiger partial charge in [0.05, 0.1) is 10.0 Å². The van der Waals surface area contributed by atoms with E-state index >= 15 is 0 Å². The molecular weight excluding hydrogens is 313 g/mol. The largest absolute Gasteiger partial charge is 0.330 e. The SMILES string of the molecule is CC(C)[C@H](C(=O)Nc1cc(Cl)c(Cl)cn1)N1CCCC1=O. The molecule has 1 aromatic heterocycles. The molecule has 0 spiro atoms. The molecule has 1 aromatic rings. The number of aromatic nitrogens is 1. The number of pyridine rings is 1. The molecule has 1 aliphatic heterocycles. The lowest BCUT2D eigenvalue weighted by Gasteiger charge is -2.29. The minimum atomic E-state index is -0.503. The van der Waals surface area contributed by atoms with Gasteiger partial charge in [-0.15, -0.1) is 0 Å². The average molecular weight is 330 g/mol. The fourth-order valence-electron chi connectivity index (χ4n) is 2.45. The van der Waals surface area contributed by atoms with Gasteiger partial charge in [0.2, 0.25) is 11.8 Å². The predicted octanol–water partition coefficient (Wildman–Crippen LogP) is 2.97. The smallest absolute Gasteiger partial charge is 0.248 e. The third kappa shape index (κ3) is 3.66. The molecule has 0 aliphatic carbocycles. The number of carbonyl (C=O) groups excluding carboxylic acids is 2. The molecule has 2 heterocycles. The van der Waals surface area contributed by atoms with Crippen molar-refractivity contribution in [1.82, 2.24) is 9.88 Å². The molecule has 21 heavy (non-hydrogen) atoms. The second-order valence-electron chi connectivity index (χ2n) is 5.35. The number of halogens is 2. The van der Waals surface area contributed by atoms with Crippen molar-refractivity contribution in [1.29, 1.82) is 0 Å². The summed E-state index contributed by atoms with van der Waals surface area (Å²) in [6, 6.07) is 0.988. The standard InChI is InChI=1S/C14H17Cl2N3O2/c1-8(2)13(19-5-3-4-12(19)20)14(21)18-11-6-9(15)10(16)7-17-11/h6-8,13H,3-5H2,1-2H3,(H,17,18,21)/t13-/m1/s1. The maximum Gasteiger partial charge on any atom is 0.248 e. The van der Waals surface area contributed by atoms with Crippen LogP contribution in [-0.4, -0.2) is 34.3 Å². The van der Waals surface area contributed by atoms with Crippen LogP contribution in [0.25, 0.3) is 0 Å². The van der Waals surface area contributed by atoms with E-state index in [9.17, 15) is 9.59 Å². The van der Waals surface area contributed by atoms with E-state index in [-0.39, 0.29) is 17.7 Å². The van der Waals surface area contributed by atoms with E-state index in [4.69, 9.17) is 23.2 Å². The number of hydrogen-bond acceptors (Lipinski definition) is 3. The highest BCUT2D eigenvalue weighted by Gasteiger charge is 2.35. The van der Waals surface area contributed by atoms with Crippen LogP contribution in [0.3, 0.4) is 0 Å². The van der Waals surface area contributed by atoms with E-state index in [2.05, 4.69) is 10.3 Å². The summed E-state index contributed by atoms with van der Waals surface area (Å²) in [6.07, 6.45) is 2.67. The number of amides is 2. The summed E-state index contributed by atoms with van der Waals surface area (Å²) >= 11 is 11.7. The van der Waals surface area contributed by atoms with Crippen molar-refractivity contribution in [2.45, 2.75) is 32.7 Å². The van der Waals surface area contributed by atoms with Crippen LogP contribution in [0, 0.1) is 5.92 Å². The van der Waals surface area contributed by atoms with Crippen LogP contribution in [0.15, 0.2) is 12.3 Å². The van der Waals surface area contributed by atoms with E-state index in [1.54, 1.807) is 4.90 Å². The maximum atomic E-state index is 12.5. The first-order valence-corrected chi connectivity index (χ1v) is 7.57. The molecule has 1 atom stereocenters. The van der Waals surface area contributed by atoms with Gasteiger partial charge in [0.15, 0.2) is 0 Å². The molecular formula is C14H17Cl2N3O2. The first kappa shape index (κ1) is 16.0. The molecule has 114 valence electrons. The molecule has 0 aromatic carbocycles. The van der Waals surface area contributed by atoms with Crippen molar-refractivity contribution in [2.24, 2.45) is 5.92 Å². The Morgan fingerprint density at radius 2 is 2.10 bits per heavy atom. The molecule has 7 heteroatoms. The van der Waals surface area contributed by atoms with Crippen molar-refractivity contribution < 1.29 is 9.59 Å². The summed E-state index contributed by atoms with van der Waals surface area (Å²) in [5, 5.41) is 3.35. The lowest BCUT2D eigenvalue weighted by Crippen LogP contribution is -2.48. The Labute approximate surface area is 133 Å². The maximum absolute atomic E-state index is 12.5. The Morgan fingerprint density at radius 1 is 1.38 bits per heavy atom. The third-order valence-electron chi connectivity index (χ3n) is 3.41.